The molecule has 4 aromatic carbocycles. The maximum absolute atomic E-state index is 6.29. The van der Waals surface area contributed by atoms with Crippen LogP contribution in [0.15, 0.2) is 83.3 Å². The second-order valence-electron chi connectivity index (χ2n) is 9.44. The molecule has 2 heteroatoms. The van der Waals surface area contributed by atoms with Crippen LogP contribution in [0.5, 0.6) is 0 Å². The van der Waals surface area contributed by atoms with Crippen LogP contribution in [0.1, 0.15) is 45.2 Å². The normalized spacial score (nSPS) is 12.3. The van der Waals surface area contributed by atoms with Crippen LogP contribution in [0.3, 0.4) is 0 Å². The van der Waals surface area contributed by atoms with Crippen LogP contribution in [-0.2, 0) is 0 Å². The van der Waals surface area contributed by atoms with Gasteiger partial charge in [-0.2, -0.15) is 0 Å². The summed E-state index contributed by atoms with van der Waals surface area (Å²) in [6.07, 6.45) is 0. The van der Waals surface area contributed by atoms with Crippen molar-refractivity contribution in [3.63, 3.8) is 0 Å². The Bertz CT molecular complexity index is 1630. The monoisotopic (exact) mass is 417 g/mol. The van der Waals surface area contributed by atoms with Crippen LogP contribution in [0.25, 0.3) is 54.9 Å². The zero-order valence-corrected chi connectivity index (χ0v) is 19.0. The zero-order valence-electron chi connectivity index (χ0n) is 19.0. The second kappa shape index (κ2) is 7.00. The Morgan fingerprint density at radius 3 is 2.03 bits per heavy atom. The minimum absolute atomic E-state index is 0.408. The fourth-order valence-corrected chi connectivity index (χ4v) is 5.07. The van der Waals surface area contributed by atoms with Gasteiger partial charge in [0.2, 0.25) is 0 Å². The summed E-state index contributed by atoms with van der Waals surface area (Å²) in [5.74, 6) is 0.489. The van der Waals surface area contributed by atoms with Crippen LogP contribution in [0, 0.1) is 0 Å². The molecule has 6 aromatic rings. The number of hydrogen-bond acceptors (Lipinski definition) is 1. The summed E-state index contributed by atoms with van der Waals surface area (Å²) in [5.41, 5.74) is 8.21. The number of rotatable bonds is 3. The van der Waals surface area contributed by atoms with Gasteiger partial charge in [-0.1, -0.05) is 56.3 Å². The molecule has 0 atom stereocenters. The first-order chi connectivity index (χ1) is 15.5. The highest BCUT2D eigenvalue weighted by Crippen LogP contribution is 2.37. The summed E-state index contributed by atoms with van der Waals surface area (Å²) >= 11 is 0. The molecule has 2 nitrogen and oxygen atoms in total. The van der Waals surface area contributed by atoms with Gasteiger partial charge in [0.15, 0.2) is 0 Å². The molecular formula is C30H27NO. The van der Waals surface area contributed by atoms with Gasteiger partial charge in [0.1, 0.15) is 11.2 Å². The van der Waals surface area contributed by atoms with Crippen LogP contribution in [-0.4, -0.2) is 4.57 Å². The fourth-order valence-electron chi connectivity index (χ4n) is 5.07. The predicted molar refractivity (Wildman–Crippen MR) is 137 cm³/mol. The van der Waals surface area contributed by atoms with E-state index >= 15 is 0 Å². The molecule has 0 aliphatic carbocycles. The van der Waals surface area contributed by atoms with Crippen molar-refractivity contribution in [2.24, 2.45) is 0 Å². The highest BCUT2D eigenvalue weighted by atomic mass is 16.3. The molecule has 0 amide bonds. The summed E-state index contributed by atoms with van der Waals surface area (Å²) in [5, 5.41) is 4.98. The summed E-state index contributed by atoms with van der Waals surface area (Å²) in [6, 6.07) is 29.2. The fraction of sp³-hybridized carbons (Fsp3) is 0.200. The molecule has 0 fully saturated rings. The largest absolute Gasteiger partial charge is 0.456 e. The first kappa shape index (κ1) is 19.2. The van der Waals surface area contributed by atoms with E-state index in [-0.39, 0.29) is 0 Å². The van der Waals surface area contributed by atoms with E-state index in [2.05, 4.69) is 111 Å². The van der Waals surface area contributed by atoms with Gasteiger partial charge in [0.25, 0.3) is 0 Å². The van der Waals surface area contributed by atoms with Crippen molar-refractivity contribution < 1.29 is 4.42 Å². The predicted octanol–water partition coefficient (Wildman–Crippen LogP) is 9.07. The van der Waals surface area contributed by atoms with Crippen molar-refractivity contribution >= 4 is 43.7 Å². The minimum atomic E-state index is 0.408. The van der Waals surface area contributed by atoms with Crippen LogP contribution >= 0.6 is 0 Å². The lowest BCUT2D eigenvalue weighted by molar-refractivity contribution is 0.642. The number of fused-ring (bicyclic) bond motifs is 6. The Kier molecular flexibility index (Phi) is 4.19. The highest BCUT2D eigenvalue weighted by Gasteiger charge is 2.14. The molecule has 158 valence electrons. The van der Waals surface area contributed by atoms with E-state index < -0.39 is 0 Å². The van der Waals surface area contributed by atoms with Crippen molar-refractivity contribution in [2.75, 3.05) is 0 Å². The number of para-hydroxylation sites is 1. The average Bonchev–Trinajstić information content (AvgIpc) is 3.33. The summed E-state index contributed by atoms with van der Waals surface area (Å²) < 4.78 is 8.73. The van der Waals surface area contributed by atoms with Crippen molar-refractivity contribution in [1.82, 2.24) is 4.57 Å². The number of hydrogen-bond donors (Lipinski definition) is 0. The molecule has 0 saturated heterocycles. The summed E-state index contributed by atoms with van der Waals surface area (Å²) in [6.45, 7) is 8.93. The van der Waals surface area contributed by atoms with Crippen molar-refractivity contribution in [3.8, 4) is 11.1 Å². The van der Waals surface area contributed by atoms with Gasteiger partial charge in [0, 0.05) is 38.6 Å². The summed E-state index contributed by atoms with van der Waals surface area (Å²) in [7, 11) is 0. The Labute approximate surface area is 188 Å². The van der Waals surface area contributed by atoms with Gasteiger partial charge in [-0.15, -0.1) is 0 Å². The Morgan fingerprint density at radius 2 is 1.25 bits per heavy atom. The lowest BCUT2D eigenvalue weighted by Crippen LogP contribution is -1.99. The van der Waals surface area contributed by atoms with Crippen molar-refractivity contribution in [2.45, 2.75) is 39.7 Å². The minimum Gasteiger partial charge on any atom is -0.456 e. The lowest BCUT2D eigenvalue weighted by atomic mass is 10.00. The molecule has 2 aromatic heterocycles. The maximum atomic E-state index is 6.29. The second-order valence-corrected chi connectivity index (χ2v) is 9.44. The Morgan fingerprint density at radius 1 is 0.594 bits per heavy atom. The van der Waals surface area contributed by atoms with E-state index in [1.165, 1.54) is 49.3 Å². The van der Waals surface area contributed by atoms with Gasteiger partial charge in [-0.05, 0) is 72.9 Å². The molecule has 6 rings (SSSR count). The van der Waals surface area contributed by atoms with E-state index in [9.17, 15) is 0 Å². The third kappa shape index (κ3) is 2.79. The lowest BCUT2D eigenvalue weighted by Gasteiger charge is -2.11. The van der Waals surface area contributed by atoms with Gasteiger partial charge in [-0.3, -0.25) is 0 Å². The van der Waals surface area contributed by atoms with Gasteiger partial charge >= 0.3 is 0 Å². The molecule has 0 aliphatic heterocycles. The molecule has 0 unspecified atom stereocenters. The third-order valence-electron chi connectivity index (χ3n) is 6.72. The zero-order chi connectivity index (χ0) is 22.0. The van der Waals surface area contributed by atoms with E-state index in [4.69, 9.17) is 4.42 Å². The highest BCUT2D eigenvalue weighted by molar-refractivity contribution is 6.10. The number of benzene rings is 4. The van der Waals surface area contributed by atoms with E-state index in [1.807, 2.05) is 0 Å². The molecule has 0 N–H and O–H groups in total. The van der Waals surface area contributed by atoms with Crippen LogP contribution in [0.4, 0.5) is 0 Å². The van der Waals surface area contributed by atoms with Gasteiger partial charge in [-0.25, -0.2) is 0 Å². The molecule has 0 aliphatic rings. The average molecular weight is 418 g/mol. The molecular weight excluding hydrogens is 390 g/mol. The Hall–Kier alpha value is -3.52. The first-order valence-corrected chi connectivity index (χ1v) is 11.5. The van der Waals surface area contributed by atoms with Crippen LogP contribution < -0.4 is 0 Å². The van der Waals surface area contributed by atoms with E-state index in [0.717, 1.165) is 11.2 Å². The quantitative estimate of drug-likeness (QED) is 0.281. The van der Waals surface area contributed by atoms with Gasteiger partial charge < -0.3 is 8.98 Å². The van der Waals surface area contributed by atoms with Gasteiger partial charge in [0.05, 0.1) is 0 Å². The molecule has 2 heterocycles. The van der Waals surface area contributed by atoms with E-state index in [1.54, 1.807) is 0 Å². The molecule has 0 radical (unpaired) electrons. The topological polar surface area (TPSA) is 18.1 Å². The van der Waals surface area contributed by atoms with Crippen molar-refractivity contribution in [1.29, 1.82) is 0 Å². The van der Waals surface area contributed by atoms with Crippen molar-refractivity contribution in [3.05, 3.63) is 84.4 Å². The summed E-state index contributed by atoms with van der Waals surface area (Å²) in [4.78, 5) is 0. The molecule has 0 bridgehead atoms. The molecule has 0 spiro atoms. The molecule has 32 heavy (non-hydrogen) atoms. The Balaban J connectivity index is 1.54. The standard InChI is InChI=1S/C30H27NO/c1-18(2)20-9-12-24-25-13-10-22(17-30(25)32-29(24)16-20)21-11-14-28-26(15-21)23-7-5-6-8-27(23)31(28)19(3)4/h5-19H,1-4H3. The number of furan rings is 1. The maximum Gasteiger partial charge on any atom is 0.136 e. The third-order valence-corrected chi connectivity index (χ3v) is 6.72. The van der Waals surface area contributed by atoms with Crippen LogP contribution in [0.2, 0.25) is 0 Å². The van der Waals surface area contributed by atoms with E-state index in [0.29, 0.717) is 12.0 Å². The number of aromatic nitrogens is 1. The molecule has 0 saturated carbocycles. The number of nitrogens with zero attached hydrogens (tertiary/aromatic N) is 1. The smallest absolute Gasteiger partial charge is 0.136 e. The SMILES string of the molecule is CC(C)c1ccc2c(c1)oc1cc(-c3ccc4c(c3)c3ccccc3n4C(C)C)ccc12. The first-order valence-electron chi connectivity index (χ1n) is 11.5.